The van der Waals surface area contributed by atoms with E-state index in [1.165, 1.54) is 0 Å². The molecule has 0 fully saturated rings. The number of benzene rings is 1. The number of aryl methyl sites for hydroxylation is 1. The molecule has 148 valence electrons. The standard InChI is InChI=1S/C23H25N5O/c1-5-8-15-13-24-23(29)17-12-19(26-20(15)17)16-9-7-10-18-21(16)27-22(14(3)25-18)28(4)11-6-2/h5-7,9-10,12,15,26H,1-2,8,11,13H2,3-4H3,(H,24,29). The van der Waals surface area contributed by atoms with Crippen LogP contribution in [0.1, 0.15) is 34.1 Å². The van der Waals surface area contributed by atoms with Gasteiger partial charge in [0, 0.05) is 43.0 Å². The average Bonchev–Trinajstić information content (AvgIpc) is 3.15. The average molecular weight is 387 g/mol. The van der Waals surface area contributed by atoms with E-state index in [1.54, 1.807) is 0 Å². The molecule has 1 amide bonds. The summed E-state index contributed by atoms with van der Waals surface area (Å²) in [6.07, 6.45) is 4.53. The highest BCUT2D eigenvalue weighted by Gasteiger charge is 2.27. The van der Waals surface area contributed by atoms with Crippen LogP contribution in [0.5, 0.6) is 0 Å². The van der Waals surface area contributed by atoms with E-state index in [-0.39, 0.29) is 11.8 Å². The maximum absolute atomic E-state index is 12.4. The Labute approximate surface area is 170 Å². The summed E-state index contributed by atoms with van der Waals surface area (Å²) in [5.74, 6) is 0.978. The summed E-state index contributed by atoms with van der Waals surface area (Å²) < 4.78 is 0. The zero-order valence-corrected chi connectivity index (χ0v) is 16.8. The largest absolute Gasteiger partial charge is 0.357 e. The van der Waals surface area contributed by atoms with Crippen LogP contribution < -0.4 is 10.2 Å². The number of aromatic nitrogens is 3. The second-order valence-corrected chi connectivity index (χ2v) is 7.42. The second-order valence-electron chi connectivity index (χ2n) is 7.42. The molecule has 0 bridgehead atoms. The minimum Gasteiger partial charge on any atom is -0.357 e. The molecular formula is C23H25N5O. The number of aromatic amines is 1. The highest BCUT2D eigenvalue weighted by molar-refractivity contribution is 6.00. The lowest BCUT2D eigenvalue weighted by Crippen LogP contribution is -2.34. The number of carbonyl (C=O) groups is 1. The van der Waals surface area contributed by atoms with E-state index in [0.29, 0.717) is 18.7 Å². The minimum atomic E-state index is -0.0450. The van der Waals surface area contributed by atoms with Crippen LogP contribution in [0.15, 0.2) is 49.6 Å². The van der Waals surface area contributed by atoms with E-state index in [0.717, 1.165) is 45.9 Å². The Bertz CT molecular complexity index is 1110. The topological polar surface area (TPSA) is 73.9 Å². The van der Waals surface area contributed by atoms with Crippen molar-refractivity contribution < 1.29 is 4.79 Å². The number of likely N-dealkylation sites (N-methyl/N-ethyl adjacent to an activating group) is 1. The van der Waals surface area contributed by atoms with Crippen LogP contribution in [0, 0.1) is 6.92 Å². The monoisotopic (exact) mass is 387 g/mol. The van der Waals surface area contributed by atoms with Crippen LogP contribution >= 0.6 is 0 Å². The molecule has 3 aromatic rings. The van der Waals surface area contributed by atoms with Crippen molar-refractivity contribution in [2.75, 3.05) is 25.0 Å². The Kier molecular flexibility index (Phi) is 4.92. The molecule has 4 rings (SSSR count). The number of para-hydroxylation sites is 1. The van der Waals surface area contributed by atoms with Crippen molar-refractivity contribution >= 4 is 22.8 Å². The van der Waals surface area contributed by atoms with Crippen molar-refractivity contribution in [3.63, 3.8) is 0 Å². The molecule has 1 aromatic carbocycles. The number of carbonyl (C=O) groups excluding carboxylic acids is 1. The third-order valence-corrected chi connectivity index (χ3v) is 5.36. The number of hydrogen-bond donors (Lipinski definition) is 2. The Morgan fingerprint density at radius 3 is 2.83 bits per heavy atom. The Morgan fingerprint density at radius 2 is 2.07 bits per heavy atom. The first-order valence-corrected chi connectivity index (χ1v) is 9.75. The van der Waals surface area contributed by atoms with Crippen LogP contribution in [-0.4, -0.2) is 41.0 Å². The van der Waals surface area contributed by atoms with Crippen molar-refractivity contribution in [1.82, 2.24) is 20.3 Å². The van der Waals surface area contributed by atoms with Crippen LogP contribution in [-0.2, 0) is 0 Å². The molecule has 3 heterocycles. The quantitative estimate of drug-likeness (QED) is 0.628. The number of amides is 1. The molecule has 0 spiro atoms. The predicted molar refractivity (Wildman–Crippen MR) is 117 cm³/mol. The van der Waals surface area contributed by atoms with Gasteiger partial charge in [0.2, 0.25) is 0 Å². The molecule has 6 nitrogen and oxygen atoms in total. The fraction of sp³-hybridized carbons (Fsp3) is 0.261. The first-order valence-electron chi connectivity index (χ1n) is 9.75. The lowest BCUT2D eigenvalue weighted by Gasteiger charge is -2.21. The third kappa shape index (κ3) is 3.31. The van der Waals surface area contributed by atoms with E-state index in [2.05, 4.69) is 23.5 Å². The van der Waals surface area contributed by atoms with Crippen molar-refractivity contribution in [3.05, 3.63) is 66.5 Å². The lowest BCUT2D eigenvalue weighted by atomic mass is 9.94. The van der Waals surface area contributed by atoms with Gasteiger partial charge in [0.1, 0.15) is 5.52 Å². The highest BCUT2D eigenvalue weighted by atomic mass is 16.1. The fourth-order valence-electron chi connectivity index (χ4n) is 3.96. The van der Waals surface area contributed by atoms with Gasteiger partial charge in [-0.05, 0) is 25.5 Å². The minimum absolute atomic E-state index is 0.0450. The third-order valence-electron chi connectivity index (χ3n) is 5.36. The number of nitrogens with zero attached hydrogens (tertiary/aromatic N) is 3. The summed E-state index contributed by atoms with van der Waals surface area (Å²) in [7, 11) is 1.98. The summed E-state index contributed by atoms with van der Waals surface area (Å²) in [4.78, 5) is 27.6. The van der Waals surface area contributed by atoms with E-state index in [9.17, 15) is 4.79 Å². The summed E-state index contributed by atoms with van der Waals surface area (Å²) in [6, 6.07) is 7.87. The number of rotatable bonds is 6. The van der Waals surface area contributed by atoms with Gasteiger partial charge in [0.15, 0.2) is 5.82 Å². The van der Waals surface area contributed by atoms with E-state index in [1.807, 2.05) is 55.3 Å². The number of allylic oxidation sites excluding steroid dienone is 1. The molecule has 0 saturated carbocycles. The van der Waals surface area contributed by atoms with Gasteiger partial charge in [-0.25, -0.2) is 9.97 Å². The van der Waals surface area contributed by atoms with E-state index >= 15 is 0 Å². The van der Waals surface area contributed by atoms with Crippen molar-refractivity contribution in [1.29, 1.82) is 0 Å². The van der Waals surface area contributed by atoms with Gasteiger partial charge in [-0.1, -0.05) is 24.3 Å². The zero-order chi connectivity index (χ0) is 20.5. The Balaban J connectivity index is 1.87. The van der Waals surface area contributed by atoms with Gasteiger partial charge in [-0.3, -0.25) is 4.79 Å². The normalized spacial score (nSPS) is 15.7. The molecule has 1 aliphatic rings. The van der Waals surface area contributed by atoms with Gasteiger partial charge in [0.05, 0.1) is 16.8 Å². The van der Waals surface area contributed by atoms with Gasteiger partial charge in [-0.2, -0.15) is 0 Å². The van der Waals surface area contributed by atoms with Crippen LogP contribution in [0.3, 0.4) is 0 Å². The van der Waals surface area contributed by atoms with Crippen LogP contribution in [0.4, 0.5) is 5.82 Å². The molecule has 0 radical (unpaired) electrons. The maximum atomic E-state index is 12.4. The molecule has 2 N–H and O–H groups in total. The van der Waals surface area contributed by atoms with E-state index < -0.39 is 0 Å². The first kappa shape index (κ1) is 18.9. The molecule has 2 aromatic heterocycles. The van der Waals surface area contributed by atoms with Gasteiger partial charge in [-0.15, -0.1) is 13.2 Å². The summed E-state index contributed by atoms with van der Waals surface area (Å²) in [6.45, 7) is 10.9. The van der Waals surface area contributed by atoms with Crippen molar-refractivity contribution in [3.8, 4) is 11.3 Å². The van der Waals surface area contributed by atoms with Crippen LogP contribution in [0.25, 0.3) is 22.3 Å². The smallest absolute Gasteiger partial charge is 0.253 e. The first-order chi connectivity index (χ1) is 14.0. The van der Waals surface area contributed by atoms with Gasteiger partial charge >= 0.3 is 0 Å². The number of H-pyrrole nitrogens is 1. The summed E-state index contributed by atoms with van der Waals surface area (Å²) >= 11 is 0. The Morgan fingerprint density at radius 1 is 1.24 bits per heavy atom. The van der Waals surface area contributed by atoms with Gasteiger partial charge in [0.25, 0.3) is 5.91 Å². The number of anilines is 1. The number of hydrogen-bond acceptors (Lipinski definition) is 4. The summed E-state index contributed by atoms with van der Waals surface area (Å²) in [5, 5.41) is 2.97. The molecule has 1 unspecified atom stereocenters. The molecule has 0 aliphatic carbocycles. The SMILES string of the molecule is C=CCC1CNC(=O)c2cc(-c3cccc4nc(C)c(N(C)CC=C)nc34)[nH]c21. The second kappa shape index (κ2) is 7.54. The molecule has 1 atom stereocenters. The number of nitrogens with one attached hydrogen (secondary N) is 2. The van der Waals surface area contributed by atoms with Crippen LogP contribution in [0.2, 0.25) is 0 Å². The molecule has 0 saturated heterocycles. The van der Waals surface area contributed by atoms with Crippen molar-refractivity contribution in [2.45, 2.75) is 19.3 Å². The Hall–Kier alpha value is -3.41. The summed E-state index contributed by atoms with van der Waals surface area (Å²) in [5.41, 5.74) is 5.97. The predicted octanol–water partition coefficient (Wildman–Crippen LogP) is 3.96. The molecule has 1 aliphatic heterocycles. The fourth-order valence-corrected chi connectivity index (χ4v) is 3.96. The highest BCUT2D eigenvalue weighted by Crippen LogP contribution is 2.34. The van der Waals surface area contributed by atoms with Gasteiger partial charge < -0.3 is 15.2 Å². The lowest BCUT2D eigenvalue weighted by molar-refractivity contribution is 0.0940. The molecule has 29 heavy (non-hydrogen) atoms. The maximum Gasteiger partial charge on any atom is 0.253 e. The van der Waals surface area contributed by atoms with Crippen molar-refractivity contribution in [2.24, 2.45) is 0 Å². The molecular weight excluding hydrogens is 362 g/mol. The zero-order valence-electron chi connectivity index (χ0n) is 16.8. The van der Waals surface area contributed by atoms with E-state index in [4.69, 9.17) is 9.97 Å². The number of fused-ring (bicyclic) bond motifs is 2. The molecule has 6 heteroatoms.